The molecule has 0 fully saturated rings. The van der Waals surface area contributed by atoms with Crippen LogP contribution >= 0.6 is 12.2 Å². The van der Waals surface area contributed by atoms with Crippen LogP contribution in [0.3, 0.4) is 0 Å². The van der Waals surface area contributed by atoms with E-state index in [2.05, 4.69) is 20.6 Å². The van der Waals surface area contributed by atoms with Crippen LogP contribution in [0.5, 0.6) is 0 Å². The average Bonchev–Trinajstić information content (AvgIpc) is 2.99. The summed E-state index contributed by atoms with van der Waals surface area (Å²) >= 11 is 5.08. The molecule has 0 saturated carbocycles. The van der Waals surface area contributed by atoms with E-state index in [1.807, 2.05) is 0 Å². The molecule has 3 aromatic rings. The number of fused-ring (bicyclic) bond motifs is 1. The number of hydrogen-bond acceptors (Lipinski definition) is 5. The van der Waals surface area contributed by atoms with Crippen LogP contribution in [0.2, 0.25) is 0 Å². The first-order valence-electron chi connectivity index (χ1n) is 7.67. The van der Waals surface area contributed by atoms with Crippen molar-refractivity contribution < 1.29 is 9.72 Å². The molecular formula is C17H13N5O4S. The fourth-order valence-electron chi connectivity index (χ4n) is 2.34. The van der Waals surface area contributed by atoms with Crippen molar-refractivity contribution in [3.63, 3.8) is 0 Å². The summed E-state index contributed by atoms with van der Waals surface area (Å²) in [4.78, 5) is 38.7. The highest BCUT2D eigenvalue weighted by Crippen LogP contribution is 2.15. The van der Waals surface area contributed by atoms with Gasteiger partial charge in [0.2, 0.25) is 5.91 Å². The molecule has 9 nitrogen and oxygen atoms in total. The van der Waals surface area contributed by atoms with Crippen molar-refractivity contribution in [3.05, 3.63) is 74.7 Å². The Balaban J connectivity index is 1.61. The van der Waals surface area contributed by atoms with Crippen molar-refractivity contribution in [2.24, 2.45) is 0 Å². The number of aromatic amines is 2. The van der Waals surface area contributed by atoms with Crippen LogP contribution < -0.4 is 16.3 Å². The molecule has 0 spiro atoms. The molecule has 1 heterocycles. The molecular weight excluding hydrogens is 370 g/mol. The van der Waals surface area contributed by atoms with Gasteiger partial charge in [0.25, 0.3) is 5.69 Å². The number of nitrogens with zero attached hydrogens (tertiary/aromatic N) is 1. The van der Waals surface area contributed by atoms with Crippen LogP contribution in [-0.2, 0) is 4.79 Å². The minimum atomic E-state index is -0.509. The van der Waals surface area contributed by atoms with E-state index in [1.54, 1.807) is 24.3 Å². The van der Waals surface area contributed by atoms with Gasteiger partial charge in [0, 0.05) is 23.9 Å². The molecule has 10 heteroatoms. The number of anilines is 1. The Morgan fingerprint density at radius 2 is 1.93 bits per heavy atom. The summed E-state index contributed by atoms with van der Waals surface area (Å²) in [5.41, 5.74) is 1.98. The fourth-order valence-corrected chi connectivity index (χ4v) is 2.56. The first-order chi connectivity index (χ1) is 12.9. The zero-order valence-electron chi connectivity index (χ0n) is 13.7. The van der Waals surface area contributed by atoms with Crippen LogP contribution in [0.1, 0.15) is 5.56 Å². The highest BCUT2D eigenvalue weighted by molar-refractivity contribution is 7.80. The van der Waals surface area contributed by atoms with Crippen LogP contribution in [0, 0.1) is 10.1 Å². The second-order valence-corrected chi connectivity index (χ2v) is 5.88. The first-order valence-corrected chi connectivity index (χ1v) is 8.08. The first kappa shape index (κ1) is 18.0. The van der Waals surface area contributed by atoms with Gasteiger partial charge in [-0.15, -0.1) is 0 Å². The Labute approximate surface area is 157 Å². The van der Waals surface area contributed by atoms with Crippen LogP contribution in [-0.4, -0.2) is 25.9 Å². The van der Waals surface area contributed by atoms with Crippen molar-refractivity contribution in [1.29, 1.82) is 0 Å². The number of carbonyl (C=O) groups excluding carboxylic acids is 1. The molecule has 0 aliphatic heterocycles. The third-order valence-electron chi connectivity index (χ3n) is 3.52. The third-order valence-corrected chi connectivity index (χ3v) is 3.72. The maximum atomic E-state index is 11.9. The molecule has 2 aromatic carbocycles. The Bertz CT molecular complexity index is 1130. The average molecular weight is 383 g/mol. The normalized spacial score (nSPS) is 10.8. The van der Waals surface area contributed by atoms with Crippen molar-refractivity contribution >= 4 is 51.7 Å². The number of aromatic nitrogens is 2. The Kier molecular flexibility index (Phi) is 5.08. The van der Waals surface area contributed by atoms with Gasteiger partial charge < -0.3 is 15.3 Å². The van der Waals surface area contributed by atoms with Gasteiger partial charge in [-0.25, -0.2) is 4.79 Å². The molecule has 0 unspecified atom stereocenters. The predicted molar refractivity (Wildman–Crippen MR) is 105 cm³/mol. The van der Waals surface area contributed by atoms with Crippen molar-refractivity contribution in [3.8, 4) is 0 Å². The Morgan fingerprint density at radius 3 is 2.70 bits per heavy atom. The largest absolute Gasteiger partial charge is 0.332 e. The van der Waals surface area contributed by atoms with Gasteiger partial charge in [0.1, 0.15) is 0 Å². The minimum Gasteiger partial charge on any atom is -0.332 e. The topological polar surface area (TPSA) is 133 Å². The lowest BCUT2D eigenvalue weighted by Crippen LogP contribution is -2.32. The number of benzene rings is 2. The number of nitrogens with one attached hydrogen (secondary N) is 4. The number of rotatable bonds is 4. The summed E-state index contributed by atoms with van der Waals surface area (Å²) in [5.74, 6) is -0.491. The Morgan fingerprint density at radius 1 is 1.15 bits per heavy atom. The van der Waals surface area contributed by atoms with Gasteiger partial charge in [-0.1, -0.05) is 12.1 Å². The predicted octanol–water partition coefficient (Wildman–Crippen LogP) is 2.29. The second-order valence-electron chi connectivity index (χ2n) is 5.47. The summed E-state index contributed by atoms with van der Waals surface area (Å²) in [6.45, 7) is 0. The lowest BCUT2D eigenvalue weighted by atomic mass is 10.2. The van der Waals surface area contributed by atoms with Crippen LogP contribution in [0.15, 0.2) is 53.3 Å². The van der Waals surface area contributed by atoms with E-state index in [9.17, 15) is 19.7 Å². The molecule has 3 rings (SSSR count). The van der Waals surface area contributed by atoms with Crippen LogP contribution in [0.4, 0.5) is 11.4 Å². The molecule has 0 atom stereocenters. The van der Waals surface area contributed by atoms with E-state index in [4.69, 9.17) is 12.2 Å². The smallest absolute Gasteiger partial charge is 0.323 e. The summed E-state index contributed by atoms with van der Waals surface area (Å²) in [7, 11) is 0. The van der Waals surface area contributed by atoms with Gasteiger partial charge in [-0.2, -0.15) is 0 Å². The molecule has 0 radical (unpaired) electrons. The zero-order valence-corrected chi connectivity index (χ0v) is 14.5. The molecule has 0 aliphatic rings. The number of amides is 1. The van der Waals surface area contributed by atoms with Gasteiger partial charge in [-0.3, -0.25) is 20.2 Å². The number of imidazole rings is 1. The summed E-state index contributed by atoms with van der Waals surface area (Å²) in [5, 5.41) is 16.1. The minimum absolute atomic E-state index is 0.0621. The maximum absolute atomic E-state index is 11.9. The second kappa shape index (κ2) is 7.62. The maximum Gasteiger partial charge on any atom is 0.323 e. The van der Waals surface area contributed by atoms with E-state index < -0.39 is 10.8 Å². The third kappa shape index (κ3) is 4.64. The number of carbonyl (C=O) groups is 1. The molecule has 1 aromatic heterocycles. The number of nitro groups is 1. The van der Waals surface area contributed by atoms with E-state index in [-0.39, 0.29) is 16.5 Å². The summed E-state index contributed by atoms with van der Waals surface area (Å²) in [6.07, 6.45) is 2.67. The lowest BCUT2D eigenvalue weighted by molar-refractivity contribution is -0.384. The molecule has 4 N–H and O–H groups in total. The molecule has 0 bridgehead atoms. The van der Waals surface area contributed by atoms with Gasteiger partial charge in [-0.05, 0) is 42.1 Å². The number of hydrogen-bond donors (Lipinski definition) is 4. The monoisotopic (exact) mass is 383 g/mol. The van der Waals surface area contributed by atoms with E-state index in [1.165, 1.54) is 30.4 Å². The highest BCUT2D eigenvalue weighted by Gasteiger charge is 2.06. The van der Waals surface area contributed by atoms with E-state index in [0.717, 1.165) is 0 Å². The molecule has 0 saturated heterocycles. The van der Waals surface area contributed by atoms with Crippen molar-refractivity contribution in [2.75, 3.05) is 5.32 Å². The molecule has 136 valence electrons. The van der Waals surface area contributed by atoms with E-state index in [0.29, 0.717) is 22.3 Å². The quantitative estimate of drug-likeness (QED) is 0.236. The van der Waals surface area contributed by atoms with E-state index >= 15 is 0 Å². The lowest BCUT2D eigenvalue weighted by Gasteiger charge is -2.08. The SMILES string of the molecule is O=C(/C=C/c1cccc([N+](=O)[O-])c1)NC(=S)Nc1ccc2[nH]c(=O)[nH]c2c1. The standard InChI is InChI=1S/C17H13N5O4S/c23-15(7-4-10-2-1-3-12(8-10)22(25)26)21-17(27)18-11-5-6-13-14(9-11)20-16(24)19-13/h1-9H,(H2,19,20,24)(H2,18,21,23,27)/b7-4+. The number of non-ortho nitro benzene ring substituents is 1. The molecule has 0 aliphatic carbocycles. The molecule has 1 amide bonds. The fraction of sp³-hybridized carbons (Fsp3) is 0. The van der Waals surface area contributed by atoms with Gasteiger partial charge in [0.05, 0.1) is 16.0 Å². The number of thiocarbonyl (C=S) groups is 1. The zero-order chi connectivity index (χ0) is 19.4. The van der Waals surface area contributed by atoms with Crippen molar-refractivity contribution in [2.45, 2.75) is 0 Å². The molecule has 27 heavy (non-hydrogen) atoms. The Hall–Kier alpha value is -3.79. The number of nitro benzene ring substituents is 1. The van der Waals surface area contributed by atoms with Gasteiger partial charge >= 0.3 is 5.69 Å². The highest BCUT2D eigenvalue weighted by atomic mass is 32.1. The summed E-state index contributed by atoms with van der Waals surface area (Å²) < 4.78 is 0. The number of H-pyrrole nitrogens is 2. The summed E-state index contributed by atoms with van der Waals surface area (Å²) in [6, 6.07) is 11.0. The van der Waals surface area contributed by atoms with Crippen LogP contribution in [0.25, 0.3) is 17.1 Å². The van der Waals surface area contributed by atoms with Crippen molar-refractivity contribution in [1.82, 2.24) is 15.3 Å². The van der Waals surface area contributed by atoms with Gasteiger partial charge in [0.15, 0.2) is 5.11 Å².